The van der Waals surface area contributed by atoms with Gasteiger partial charge in [-0.25, -0.2) is 0 Å². The topological polar surface area (TPSA) is 38.4 Å². The Morgan fingerprint density at radius 3 is 3.09 bits per heavy atom. The van der Waals surface area contributed by atoms with Crippen LogP contribution in [0.3, 0.4) is 0 Å². The lowest BCUT2D eigenvalue weighted by Gasteiger charge is -2.16. The fraction of sp³-hybridized carbons (Fsp3) is 0.889. The summed E-state index contributed by atoms with van der Waals surface area (Å²) in [6, 6.07) is 0.574. The molecule has 0 aromatic rings. The van der Waals surface area contributed by atoms with Gasteiger partial charge in [-0.1, -0.05) is 6.92 Å². The Hall–Kier alpha value is -0.530. The highest BCUT2D eigenvalue weighted by atomic mass is 14.9. The molecule has 2 N–H and O–H groups in total. The average Bonchev–Trinajstić information content (AvgIpc) is 2.29. The summed E-state index contributed by atoms with van der Waals surface area (Å²) in [5.74, 6) is 2.57. The van der Waals surface area contributed by atoms with Crippen LogP contribution in [0, 0.1) is 11.8 Å². The van der Waals surface area contributed by atoms with Crippen molar-refractivity contribution in [2.75, 3.05) is 0 Å². The SMILES string of the molecule is C[C@@H]1CC(N)=N[C@H]2CC[C@@H]1C2. The van der Waals surface area contributed by atoms with E-state index in [1.807, 2.05) is 0 Å². The van der Waals surface area contributed by atoms with E-state index in [4.69, 9.17) is 5.73 Å². The largest absolute Gasteiger partial charge is 0.387 e. The lowest BCUT2D eigenvalue weighted by Crippen LogP contribution is -2.18. The number of fused-ring (bicyclic) bond motifs is 2. The second kappa shape index (κ2) is 2.50. The van der Waals surface area contributed by atoms with Gasteiger partial charge in [-0.3, -0.25) is 4.99 Å². The molecule has 2 rings (SSSR count). The van der Waals surface area contributed by atoms with E-state index in [-0.39, 0.29) is 0 Å². The van der Waals surface area contributed by atoms with Crippen LogP contribution in [0.4, 0.5) is 0 Å². The molecule has 62 valence electrons. The second-order valence-electron chi connectivity index (χ2n) is 4.03. The van der Waals surface area contributed by atoms with Crippen LogP contribution in [0.25, 0.3) is 0 Å². The highest BCUT2D eigenvalue weighted by molar-refractivity contribution is 5.81. The number of rotatable bonds is 0. The van der Waals surface area contributed by atoms with Crippen molar-refractivity contribution in [1.82, 2.24) is 0 Å². The third-order valence-corrected chi connectivity index (χ3v) is 3.13. The van der Waals surface area contributed by atoms with Crippen LogP contribution in [0.5, 0.6) is 0 Å². The lowest BCUT2D eigenvalue weighted by atomic mass is 9.90. The van der Waals surface area contributed by atoms with Crippen molar-refractivity contribution in [2.45, 2.75) is 38.6 Å². The normalized spacial score (nSPS) is 43.4. The van der Waals surface area contributed by atoms with Crippen molar-refractivity contribution in [1.29, 1.82) is 0 Å². The number of hydrogen-bond donors (Lipinski definition) is 1. The molecule has 0 saturated heterocycles. The molecular formula is C9H16N2. The van der Waals surface area contributed by atoms with Gasteiger partial charge >= 0.3 is 0 Å². The summed E-state index contributed by atoms with van der Waals surface area (Å²) < 4.78 is 0. The van der Waals surface area contributed by atoms with Crippen molar-refractivity contribution in [3.05, 3.63) is 0 Å². The zero-order valence-electron chi connectivity index (χ0n) is 7.09. The molecule has 0 aromatic heterocycles. The molecule has 0 amide bonds. The minimum atomic E-state index is 0.574. The van der Waals surface area contributed by atoms with Crippen molar-refractivity contribution in [2.24, 2.45) is 22.6 Å². The molecule has 0 aromatic carbocycles. The van der Waals surface area contributed by atoms with E-state index in [9.17, 15) is 0 Å². The van der Waals surface area contributed by atoms with Gasteiger partial charge in [-0.2, -0.15) is 0 Å². The van der Waals surface area contributed by atoms with Crippen LogP contribution < -0.4 is 5.73 Å². The van der Waals surface area contributed by atoms with Crippen LogP contribution in [0.1, 0.15) is 32.6 Å². The molecule has 3 atom stereocenters. The Balaban J connectivity index is 2.18. The third-order valence-electron chi connectivity index (χ3n) is 3.13. The lowest BCUT2D eigenvalue weighted by molar-refractivity contribution is 0.379. The van der Waals surface area contributed by atoms with Crippen LogP contribution in [-0.4, -0.2) is 11.9 Å². The molecule has 0 radical (unpaired) electrons. The summed E-state index contributed by atoms with van der Waals surface area (Å²) in [7, 11) is 0. The fourth-order valence-corrected chi connectivity index (χ4v) is 2.41. The van der Waals surface area contributed by atoms with E-state index in [1.165, 1.54) is 19.3 Å². The number of nitrogens with two attached hydrogens (primary N) is 1. The van der Waals surface area contributed by atoms with Crippen molar-refractivity contribution in [3.63, 3.8) is 0 Å². The van der Waals surface area contributed by atoms with E-state index < -0.39 is 0 Å². The molecule has 2 heteroatoms. The van der Waals surface area contributed by atoms with E-state index >= 15 is 0 Å². The van der Waals surface area contributed by atoms with E-state index in [1.54, 1.807) is 0 Å². The van der Waals surface area contributed by atoms with Gasteiger partial charge in [0.25, 0.3) is 0 Å². The van der Waals surface area contributed by atoms with Gasteiger partial charge in [-0.05, 0) is 31.1 Å². The first-order valence-corrected chi connectivity index (χ1v) is 4.58. The molecule has 2 aliphatic rings. The molecule has 1 saturated carbocycles. The number of aliphatic imine (C=N–C) groups is 1. The van der Waals surface area contributed by atoms with Gasteiger partial charge in [0, 0.05) is 6.42 Å². The van der Waals surface area contributed by atoms with E-state index in [0.717, 1.165) is 24.1 Å². The van der Waals surface area contributed by atoms with Gasteiger partial charge in [0.15, 0.2) is 0 Å². The predicted molar refractivity (Wildman–Crippen MR) is 46.5 cm³/mol. The highest BCUT2D eigenvalue weighted by Crippen LogP contribution is 2.36. The van der Waals surface area contributed by atoms with Gasteiger partial charge in [-0.15, -0.1) is 0 Å². The molecule has 1 heterocycles. The number of hydrogen-bond acceptors (Lipinski definition) is 2. The van der Waals surface area contributed by atoms with E-state index in [2.05, 4.69) is 11.9 Å². The maximum absolute atomic E-state index is 5.76. The zero-order chi connectivity index (χ0) is 7.84. The summed E-state index contributed by atoms with van der Waals surface area (Å²) >= 11 is 0. The Labute approximate surface area is 67.9 Å². The van der Waals surface area contributed by atoms with Gasteiger partial charge < -0.3 is 5.73 Å². The molecule has 2 nitrogen and oxygen atoms in total. The molecule has 0 spiro atoms. The molecule has 0 unspecified atom stereocenters. The highest BCUT2D eigenvalue weighted by Gasteiger charge is 2.31. The Morgan fingerprint density at radius 1 is 1.45 bits per heavy atom. The summed E-state index contributed by atoms with van der Waals surface area (Å²) in [5.41, 5.74) is 5.76. The van der Waals surface area contributed by atoms with Gasteiger partial charge in [0.1, 0.15) is 0 Å². The van der Waals surface area contributed by atoms with Crippen molar-refractivity contribution in [3.8, 4) is 0 Å². The second-order valence-corrected chi connectivity index (χ2v) is 4.03. The molecule has 11 heavy (non-hydrogen) atoms. The summed E-state index contributed by atoms with van der Waals surface area (Å²) in [5, 5.41) is 0. The molecule has 1 aliphatic carbocycles. The summed E-state index contributed by atoms with van der Waals surface area (Å²) in [4.78, 5) is 4.48. The van der Waals surface area contributed by atoms with Gasteiger partial charge in [0.2, 0.25) is 0 Å². The molecular weight excluding hydrogens is 136 g/mol. The van der Waals surface area contributed by atoms with Crippen LogP contribution in [0.15, 0.2) is 4.99 Å². The zero-order valence-corrected chi connectivity index (χ0v) is 7.09. The molecule has 1 fully saturated rings. The monoisotopic (exact) mass is 152 g/mol. The Bertz CT molecular complexity index is 186. The average molecular weight is 152 g/mol. The van der Waals surface area contributed by atoms with Crippen LogP contribution in [-0.2, 0) is 0 Å². The fourth-order valence-electron chi connectivity index (χ4n) is 2.41. The number of amidine groups is 1. The van der Waals surface area contributed by atoms with Crippen LogP contribution >= 0.6 is 0 Å². The quantitative estimate of drug-likeness (QED) is 0.562. The summed E-state index contributed by atoms with van der Waals surface area (Å²) in [6.07, 6.45) is 4.97. The van der Waals surface area contributed by atoms with Gasteiger partial charge in [0.05, 0.1) is 11.9 Å². The first-order valence-electron chi connectivity index (χ1n) is 4.58. The van der Waals surface area contributed by atoms with Crippen LogP contribution in [0.2, 0.25) is 0 Å². The first kappa shape index (κ1) is 7.14. The third kappa shape index (κ3) is 1.26. The van der Waals surface area contributed by atoms with E-state index in [0.29, 0.717) is 6.04 Å². The Morgan fingerprint density at radius 2 is 2.27 bits per heavy atom. The predicted octanol–water partition coefficient (Wildman–Crippen LogP) is 1.55. The minimum Gasteiger partial charge on any atom is -0.387 e. The summed E-state index contributed by atoms with van der Waals surface area (Å²) in [6.45, 7) is 2.31. The van der Waals surface area contributed by atoms with Crippen molar-refractivity contribution >= 4 is 5.84 Å². The standard InChI is InChI=1S/C9H16N2/c1-6-4-9(10)11-8-3-2-7(6)5-8/h6-8H,2-5H2,1H3,(H2,10,11)/t6-,7-,8+/m1/s1. The minimum absolute atomic E-state index is 0.574. The maximum atomic E-state index is 5.76. The number of nitrogens with zero attached hydrogens (tertiary/aromatic N) is 1. The molecule has 1 aliphatic heterocycles. The maximum Gasteiger partial charge on any atom is 0.0943 e. The smallest absolute Gasteiger partial charge is 0.0943 e. The first-order chi connectivity index (χ1) is 5.25. The van der Waals surface area contributed by atoms with Crippen molar-refractivity contribution < 1.29 is 0 Å². The Kier molecular flexibility index (Phi) is 1.63. The molecule has 2 bridgehead atoms.